The van der Waals surface area contributed by atoms with Gasteiger partial charge in [-0.1, -0.05) is 0 Å². The first-order chi connectivity index (χ1) is 13.0. The van der Waals surface area contributed by atoms with Crippen LogP contribution < -0.4 is 16.6 Å². The fraction of sp³-hybridized carbons (Fsp3) is 0.647. The van der Waals surface area contributed by atoms with Gasteiger partial charge in [0.15, 0.2) is 11.2 Å². The SMILES string of the molecule is O=C(N1CCC(O)C1)n1c(=O)[nH]c(=O)c2ncn(C3CC4CCC(C3)N4)c21. The van der Waals surface area contributed by atoms with Gasteiger partial charge in [0.25, 0.3) is 5.56 Å². The molecule has 5 heterocycles. The molecule has 5 rings (SSSR count). The van der Waals surface area contributed by atoms with Crippen molar-refractivity contribution in [1.29, 1.82) is 0 Å². The molecule has 3 aliphatic heterocycles. The molecule has 3 atom stereocenters. The molecule has 0 aliphatic carbocycles. The molecule has 10 nitrogen and oxygen atoms in total. The molecule has 0 spiro atoms. The summed E-state index contributed by atoms with van der Waals surface area (Å²) in [6, 6.07) is 0.380. The second-order valence-corrected chi connectivity index (χ2v) is 7.85. The van der Waals surface area contributed by atoms with Gasteiger partial charge in [0, 0.05) is 31.2 Å². The van der Waals surface area contributed by atoms with E-state index < -0.39 is 23.4 Å². The lowest BCUT2D eigenvalue weighted by molar-refractivity contribution is 0.172. The lowest BCUT2D eigenvalue weighted by atomic mass is 10.00. The Morgan fingerprint density at radius 2 is 1.93 bits per heavy atom. The number of aliphatic hydroxyl groups excluding tert-OH is 1. The van der Waals surface area contributed by atoms with Crippen molar-refractivity contribution in [3.63, 3.8) is 0 Å². The summed E-state index contributed by atoms with van der Waals surface area (Å²) in [7, 11) is 0. The van der Waals surface area contributed by atoms with Gasteiger partial charge < -0.3 is 19.9 Å². The second kappa shape index (κ2) is 6.03. The molecule has 1 amide bonds. The molecule has 3 N–H and O–H groups in total. The monoisotopic (exact) mass is 374 g/mol. The number of rotatable bonds is 1. The van der Waals surface area contributed by atoms with Gasteiger partial charge in [-0.15, -0.1) is 0 Å². The number of aromatic amines is 1. The number of nitrogens with one attached hydrogen (secondary N) is 2. The Hall–Kier alpha value is -2.46. The summed E-state index contributed by atoms with van der Waals surface area (Å²) in [6.07, 6.45) is 5.44. The first-order valence-electron chi connectivity index (χ1n) is 9.46. The number of piperidine rings is 1. The summed E-state index contributed by atoms with van der Waals surface area (Å²) >= 11 is 0. The third kappa shape index (κ3) is 2.62. The van der Waals surface area contributed by atoms with Crippen molar-refractivity contribution >= 4 is 17.2 Å². The van der Waals surface area contributed by atoms with Crippen LogP contribution in [0.15, 0.2) is 15.9 Å². The summed E-state index contributed by atoms with van der Waals surface area (Å²) in [5.41, 5.74) is -1.01. The summed E-state index contributed by atoms with van der Waals surface area (Å²) in [5.74, 6) is 0. The number of imidazole rings is 1. The number of β-amino-alcohol motifs (C(OH)–C–C–N with tert-alkyl or cyclic N) is 1. The largest absolute Gasteiger partial charge is 0.391 e. The number of carbonyl (C=O) groups is 1. The second-order valence-electron chi connectivity index (χ2n) is 7.85. The molecule has 27 heavy (non-hydrogen) atoms. The normalized spacial score (nSPS) is 30.3. The Kier molecular flexibility index (Phi) is 3.73. The molecule has 0 radical (unpaired) electrons. The minimum absolute atomic E-state index is 0.0816. The van der Waals surface area contributed by atoms with E-state index in [1.165, 1.54) is 4.90 Å². The van der Waals surface area contributed by atoms with Gasteiger partial charge in [0.05, 0.1) is 12.4 Å². The van der Waals surface area contributed by atoms with Crippen LogP contribution >= 0.6 is 0 Å². The van der Waals surface area contributed by atoms with Crippen molar-refractivity contribution in [2.45, 2.75) is 56.3 Å². The Morgan fingerprint density at radius 1 is 1.19 bits per heavy atom. The number of likely N-dealkylation sites (tertiary alicyclic amines) is 1. The zero-order chi connectivity index (χ0) is 18.7. The highest BCUT2D eigenvalue weighted by Gasteiger charge is 2.36. The average molecular weight is 374 g/mol. The topological polar surface area (TPSA) is 125 Å². The van der Waals surface area contributed by atoms with Gasteiger partial charge in [-0.2, -0.15) is 4.57 Å². The molecule has 3 fully saturated rings. The third-order valence-electron chi connectivity index (χ3n) is 6.08. The van der Waals surface area contributed by atoms with Crippen LogP contribution in [0.2, 0.25) is 0 Å². The van der Waals surface area contributed by atoms with Crippen LogP contribution in [0, 0.1) is 0 Å². The van der Waals surface area contributed by atoms with Crippen LogP contribution in [0.1, 0.15) is 38.1 Å². The van der Waals surface area contributed by atoms with E-state index in [2.05, 4.69) is 15.3 Å². The molecule has 144 valence electrons. The average Bonchev–Trinajstić information content (AvgIpc) is 3.34. The van der Waals surface area contributed by atoms with E-state index >= 15 is 0 Å². The number of carbonyl (C=O) groups excluding carboxylic acids is 1. The van der Waals surface area contributed by atoms with Crippen molar-refractivity contribution in [2.24, 2.45) is 0 Å². The van der Waals surface area contributed by atoms with Gasteiger partial charge in [-0.25, -0.2) is 14.6 Å². The standard InChI is InChI=1S/C17H22N6O4/c24-12-3-4-21(7-12)17(27)23-15-13(14(25)20-16(23)26)18-8-22(15)11-5-9-1-2-10(6-11)19-9/h8-12,19,24H,1-7H2,(H,20,25,26). The Labute approximate surface area is 153 Å². The number of nitrogens with zero attached hydrogens (tertiary/aromatic N) is 4. The van der Waals surface area contributed by atoms with Gasteiger partial charge >= 0.3 is 11.7 Å². The summed E-state index contributed by atoms with van der Waals surface area (Å²) in [4.78, 5) is 45.7. The van der Waals surface area contributed by atoms with Gasteiger partial charge in [0.2, 0.25) is 0 Å². The number of hydrogen-bond donors (Lipinski definition) is 3. The zero-order valence-corrected chi connectivity index (χ0v) is 14.8. The van der Waals surface area contributed by atoms with Crippen molar-refractivity contribution in [2.75, 3.05) is 13.1 Å². The molecule has 2 aromatic rings. The van der Waals surface area contributed by atoms with E-state index in [1.807, 2.05) is 4.57 Å². The maximum atomic E-state index is 13.0. The lowest BCUT2D eigenvalue weighted by Gasteiger charge is -2.30. The maximum absolute atomic E-state index is 13.0. The first kappa shape index (κ1) is 16.7. The van der Waals surface area contributed by atoms with E-state index in [4.69, 9.17) is 0 Å². The Morgan fingerprint density at radius 3 is 2.59 bits per heavy atom. The zero-order valence-electron chi connectivity index (χ0n) is 14.8. The number of H-pyrrole nitrogens is 1. The van der Waals surface area contributed by atoms with Crippen LogP contribution in [0.25, 0.3) is 11.2 Å². The van der Waals surface area contributed by atoms with E-state index in [-0.39, 0.29) is 23.8 Å². The number of aromatic nitrogens is 4. The highest BCUT2D eigenvalue weighted by Crippen LogP contribution is 2.35. The van der Waals surface area contributed by atoms with Crippen LogP contribution in [-0.4, -0.2) is 66.4 Å². The van der Waals surface area contributed by atoms with Gasteiger partial charge in [-0.05, 0) is 32.1 Å². The number of hydrogen-bond acceptors (Lipinski definition) is 6. The van der Waals surface area contributed by atoms with Crippen molar-refractivity contribution in [1.82, 2.24) is 29.3 Å². The van der Waals surface area contributed by atoms with E-state index in [0.717, 1.165) is 30.3 Å². The number of amides is 1. The third-order valence-corrected chi connectivity index (χ3v) is 6.08. The molecular formula is C17H22N6O4. The number of fused-ring (bicyclic) bond motifs is 3. The fourth-order valence-corrected chi connectivity index (χ4v) is 4.80. The van der Waals surface area contributed by atoms with Crippen molar-refractivity contribution in [3.05, 3.63) is 27.2 Å². The highest BCUT2D eigenvalue weighted by atomic mass is 16.3. The summed E-state index contributed by atoms with van der Waals surface area (Å²) < 4.78 is 2.83. The Bertz CT molecular complexity index is 1010. The molecule has 3 aliphatic rings. The van der Waals surface area contributed by atoms with E-state index in [0.29, 0.717) is 25.0 Å². The van der Waals surface area contributed by atoms with Crippen LogP contribution in [0.5, 0.6) is 0 Å². The summed E-state index contributed by atoms with van der Waals surface area (Å²) in [6.45, 7) is 0.552. The number of aliphatic hydroxyl groups is 1. The predicted molar refractivity (Wildman–Crippen MR) is 95.8 cm³/mol. The maximum Gasteiger partial charge on any atom is 0.338 e. The quantitative estimate of drug-likeness (QED) is 0.611. The summed E-state index contributed by atoms with van der Waals surface area (Å²) in [5, 5.41) is 13.3. The van der Waals surface area contributed by atoms with Crippen molar-refractivity contribution < 1.29 is 9.90 Å². The van der Waals surface area contributed by atoms with Crippen LogP contribution in [-0.2, 0) is 0 Å². The van der Waals surface area contributed by atoms with Gasteiger partial charge in [-0.3, -0.25) is 9.78 Å². The predicted octanol–water partition coefficient (Wildman–Crippen LogP) is -0.623. The minimum Gasteiger partial charge on any atom is -0.391 e. The lowest BCUT2D eigenvalue weighted by Crippen LogP contribution is -2.43. The minimum atomic E-state index is -0.766. The van der Waals surface area contributed by atoms with Crippen LogP contribution in [0.3, 0.4) is 0 Å². The van der Waals surface area contributed by atoms with E-state index in [1.54, 1.807) is 6.33 Å². The smallest absolute Gasteiger partial charge is 0.338 e. The molecule has 2 bridgehead atoms. The first-order valence-corrected chi connectivity index (χ1v) is 9.46. The molecule has 3 unspecified atom stereocenters. The fourth-order valence-electron chi connectivity index (χ4n) is 4.80. The van der Waals surface area contributed by atoms with E-state index in [9.17, 15) is 19.5 Å². The molecular weight excluding hydrogens is 352 g/mol. The molecule has 2 aromatic heterocycles. The van der Waals surface area contributed by atoms with Gasteiger partial charge in [0.1, 0.15) is 0 Å². The Balaban J connectivity index is 1.64. The van der Waals surface area contributed by atoms with Crippen LogP contribution in [0.4, 0.5) is 4.79 Å². The highest BCUT2D eigenvalue weighted by molar-refractivity contribution is 5.86. The molecule has 0 saturated carbocycles. The van der Waals surface area contributed by atoms with Crippen molar-refractivity contribution in [3.8, 4) is 0 Å². The molecule has 10 heteroatoms. The molecule has 0 aromatic carbocycles. The molecule has 3 saturated heterocycles.